The first-order chi connectivity index (χ1) is 13.0. The number of hydrogen-bond donors (Lipinski definition) is 0. The second kappa shape index (κ2) is 8.44. The predicted octanol–water partition coefficient (Wildman–Crippen LogP) is 2.71. The average molecular weight is 371 g/mol. The number of carbonyl (C=O) groups excluding carboxylic acids is 3. The lowest BCUT2D eigenvalue weighted by atomic mass is 10.2. The number of halogens is 1. The summed E-state index contributed by atoms with van der Waals surface area (Å²) in [6.45, 7) is 0.0987. The average Bonchev–Trinajstić information content (AvgIpc) is 3.11. The number of likely N-dealkylation sites (tertiary alicyclic amines) is 1. The molecule has 2 amide bonds. The van der Waals surface area contributed by atoms with E-state index in [1.54, 1.807) is 30.3 Å². The fourth-order valence-corrected chi connectivity index (χ4v) is 2.66. The van der Waals surface area contributed by atoms with Crippen LogP contribution in [0, 0.1) is 5.82 Å². The van der Waals surface area contributed by atoms with Crippen molar-refractivity contribution in [2.24, 2.45) is 0 Å². The molecule has 2 aromatic carbocycles. The molecule has 0 atom stereocenters. The van der Waals surface area contributed by atoms with Gasteiger partial charge in [0.2, 0.25) is 5.91 Å². The van der Waals surface area contributed by atoms with E-state index in [1.807, 2.05) is 0 Å². The molecule has 0 aromatic heterocycles. The topological polar surface area (TPSA) is 72.9 Å². The van der Waals surface area contributed by atoms with Crippen LogP contribution < -0.4 is 4.74 Å². The maximum absolute atomic E-state index is 12.9. The summed E-state index contributed by atoms with van der Waals surface area (Å²) in [6.07, 6.45) is 0.971. The fraction of sp³-hybridized carbons (Fsp3) is 0.250. The number of ether oxygens (including phenoxy) is 2. The van der Waals surface area contributed by atoms with Gasteiger partial charge in [-0.3, -0.25) is 14.5 Å². The van der Waals surface area contributed by atoms with Gasteiger partial charge in [0.05, 0.1) is 5.56 Å². The van der Waals surface area contributed by atoms with Gasteiger partial charge < -0.3 is 9.47 Å². The van der Waals surface area contributed by atoms with Crippen molar-refractivity contribution in [3.8, 4) is 5.75 Å². The largest absolute Gasteiger partial charge is 0.489 e. The Bertz CT molecular complexity index is 850. The maximum atomic E-state index is 12.9. The van der Waals surface area contributed by atoms with Gasteiger partial charge in [-0.05, 0) is 42.3 Å². The number of rotatable bonds is 6. The molecule has 1 aliphatic rings. The minimum Gasteiger partial charge on any atom is -0.489 e. The lowest BCUT2D eigenvalue weighted by Crippen LogP contribution is -2.35. The molecule has 1 heterocycles. The van der Waals surface area contributed by atoms with Crippen LogP contribution in [0.5, 0.6) is 5.75 Å². The van der Waals surface area contributed by atoms with Gasteiger partial charge in [-0.15, -0.1) is 0 Å². The summed E-state index contributed by atoms with van der Waals surface area (Å²) in [7, 11) is 0. The van der Waals surface area contributed by atoms with Crippen LogP contribution in [-0.2, 0) is 20.9 Å². The van der Waals surface area contributed by atoms with Gasteiger partial charge in [-0.2, -0.15) is 0 Å². The second-order valence-electron chi connectivity index (χ2n) is 6.06. The standard InChI is InChI=1S/C20H18FNO5/c21-16-8-6-14(7-9-16)12-26-17-4-1-3-15(11-17)20(25)27-13-19(24)22-10-2-5-18(22)23/h1,3-4,6-9,11H,2,5,10,12-13H2. The highest BCUT2D eigenvalue weighted by Crippen LogP contribution is 2.17. The quantitative estimate of drug-likeness (QED) is 0.730. The number of carbonyl (C=O) groups is 3. The normalized spacial score (nSPS) is 13.5. The van der Waals surface area contributed by atoms with Crippen LogP contribution >= 0.6 is 0 Å². The molecule has 0 spiro atoms. The molecule has 0 unspecified atom stereocenters. The summed E-state index contributed by atoms with van der Waals surface area (Å²) < 4.78 is 23.5. The number of benzene rings is 2. The number of imide groups is 1. The molecule has 0 N–H and O–H groups in total. The van der Waals surface area contributed by atoms with E-state index in [0.717, 1.165) is 10.5 Å². The number of nitrogens with zero attached hydrogens (tertiary/aromatic N) is 1. The van der Waals surface area contributed by atoms with Crippen LogP contribution in [-0.4, -0.2) is 35.8 Å². The van der Waals surface area contributed by atoms with Crippen molar-refractivity contribution < 1.29 is 28.2 Å². The van der Waals surface area contributed by atoms with E-state index in [-0.39, 0.29) is 23.9 Å². The number of esters is 1. The lowest BCUT2D eigenvalue weighted by molar-refractivity contribution is -0.143. The van der Waals surface area contributed by atoms with Crippen LogP contribution in [0.4, 0.5) is 4.39 Å². The van der Waals surface area contributed by atoms with Crippen molar-refractivity contribution >= 4 is 17.8 Å². The molecule has 7 heteroatoms. The van der Waals surface area contributed by atoms with Crippen molar-refractivity contribution in [3.05, 3.63) is 65.5 Å². The molecule has 2 aromatic rings. The minimum atomic E-state index is -0.678. The molecule has 140 valence electrons. The molecule has 3 rings (SSSR count). The van der Waals surface area contributed by atoms with E-state index in [0.29, 0.717) is 25.1 Å². The summed E-state index contributed by atoms with van der Waals surface area (Å²) in [6, 6.07) is 12.2. The Kier molecular flexibility index (Phi) is 5.80. The molecule has 27 heavy (non-hydrogen) atoms. The predicted molar refractivity (Wildman–Crippen MR) is 93.4 cm³/mol. The zero-order valence-electron chi connectivity index (χ0n) is 14.5. The molecule has 1 fully saturated rings. The van der Waals surface area contributed by atoms with E-state index in [4.69, 9.17) is 9.47 Å². The number of hydrogen-bond acceptors (Lipinski definition) is 5. The summed E-state index contributed by atoms with van der Waals surface area (Å²) in [5, 5.41) is 0. The van der Waals surface area contributed by atoms with Crippen molar-refractivity contribution in [1.82, 2.24) is 4.90 Å². The van der Waals surface area contributed by atoms with E-state index in [9.17, 15) is 18.8 Å². The first-order valence-electron chi connectivity index (χ1n) is 8.50. The highest BCUT2D eigenvalue weighted by molar-refractivity contribution is 5.98. The lowest BCUT2D eigenvalue weighted by Gasteiger charge is -2.13. The third kappa shape index (κ3) is 4.91. The Labute approximate surface area is 155 Å². The van der Waals surface area contributed by atoms with Crippen LogP contribution in [0.25, 0.3) is 0 Å². The van der Waals surface area contributed by atoms with Crippen molar-refractivity contribution in [1.29, 1.82) is 0 Å². The van der Waals surface area contributed by atoms with Gasteiger partial charge >= 0.3 is 5.97 Å². The molecular formula is C20H18FNO5. The molecule has 0 bridgehead atoms. The van der Waals surface area contributed by atoms with Crippen LogP contribution in [0.1, 0.15) is 28.8 Å². The summed E-state index contributed by atoms with van der Waals surface area (Å²) in [4.78, 5) is 36.7. The third-order valence-electron chi connectivity index (χ3n) is 4.09. The Balaban J connectivity index is 1.54. The fourth-order valence-electron chi connectivity index (χ4n) is 2.66. The Hall–Kier alpha value is -3.22. The minimum absolute atomic E-state index is 0.217. The Morgan fingerprint density at radius 2 is 1.89 bits per heavy atom. The van der Waals surface area contributed by atoms with E-state index < -0.39 is 18.5 Å². The molecule has 0 radical (unpaired) electrons. The smallest absolute Gasteiger partial charge is 0.338 e. The maximum Gasteiger partial charge on any atom is 0.338 e. The zero-order chi connectivity index (χ0) is 19.2. The van der Waals surface area contributed by atoms with Crippen LogP contribution in [0.3, 0.4) is 0 Å². The summed E-state index contributed by atoms with van der Waals surface area (Å²) in [5.74, 6) is -1.33. The van der Waals surface area contributed by atoms with E-state index in [2.05, 4.69) is 0 Å². The molecular weight excluding hydrogens is 353 g/mol. The van der Waals surface area contributed by atoms with Gasteiger partial charge in [0.1, 0.15) is 18.2 Å². The zero-order valence-corrected chi connectivity index (χ0v) is 14.5. The van der Waals surface area contributed by atoms with Crippen molar-refractivity contribution in [2.45, 2.75) is 19.4 Å². The van der Waals surface area contributed by atoms with Gasteiger partial charge in [0.25, 0.3) is 5.91 Å². The molecule has 1 aliphatic heterocycles. The highest BCUT2D eigenvalue weighted by atomic mass is 19.1. The second-order valence-corrected chi connectivity index (χ2v) is 6.06. The van der Waals surface area contributed by atoms with Crippen LogP contribution in [0.2, 0.25) is 0 Å². The Morgan fingerprint density at radius 1 is 1.11 bits per heavy atom. The van der Waals surface area contributed by atoms with Crippen molar-refractivity contribution in [2.75, 3.05) is 13.2 Å². The SMILES string of the molecule is O=C(OCC(=O)N1CCCC1=O)c1cccc(OCc2ccc(F)cc2)c1. The molecule has 0 aliphatic carbocycles. The summed E-state index contributed by atoms with van der Waals surface area (Å²) >= 11 is 0. The van der Waals surface area contributed by atoms with Gasteiger partial charge in [-0.1, -0.05) is 18.2 Å². The first kappa shape index (κ1) is 18.6. The van der Waals surface area contributed by atoms with Crippen LogP contribution in [0.15, 0.2) is 48.5 Å². The molecule has 6 nitrogen and oxygen atoms in total. The molecule has 0 saturated carbocycles. The third-order valence-corrected chi connectivity index (χ3v) is 4.09. The van der Waals surface area contributed by atoms with Gasteiger partial charge in [0.15, 0.2) is 6.61 Å². The van der Waals surface area contributed by atoms with Crippen molar-refractivity contribution in [3.63, 3.8) is 0 Å². The monoisotopic (exact) mass is 371 g/mol. The van der Waals surface area contributed by atoms with E-state index >= 15 is 0 Å². The van der Waals surface area contributed by atoms with Gasteiger partial charge in [-0.25, -0.2) is 9.18 Å². The molecule has 1 saturated heterocycles. The first-order valence-corrected chi connectivity index (χ1v) is 8.50. The van der Waals surface area contributed by atoms with E-state index in [1.165, 1.54) is 18.2 Å². The number of amides is 2. The Morgan fingerprint density at radius 3 is 2.59 bits per heavy atom. The summed E-state index contributed by atoms with van der Waals surface area (Å²) in [5.41, 5.74) is 1.01. The van der Waals surface area contributed by atoms with Gasteiger partial charge in [0, 0.05) is 13.0 Å². The highest BCUT2D eigenvalue weighted by Gasteiger charge is 2.27.